The highest BCUT2D eigenvalue weighted by Gasteiger charge is 2.19. The molecule has 0 saturated carbocycles. The monoisotopic (exact) mass is 398 g/mol. The molecule has 1 rings (SSSR count). The van der Waals surface area contributed by atoms with Crippen molar-refractivity contribution in [1.82, 2.24) is 4.72 Å². The number of nitrogens with one attached hydrogen (secondary N) is 1. The van der Waals surface area contributed by atoms with Gasteiger partial charge in [-0.15, -0.1) is 0 Å². The second kappa shape index (κ2) is 8.33. The van der Waals surface area contributed by atoms with Crippen LogP contribution in [0.5, 0.6) is 0 Å². The number of hydrogen-bond acceptors (Lipinski definition) is 4. The molecular weight excluding hydrogens is 380 g/mol. The van der Waals surface area contributed by atoms with Crippen molar-refractivity contribution in [3.63, 3.8) is 0 Å². The highest BCUT2D eigenvalue weighted by molar-refractivity contribution is 9.10. The lowest BCUT2D eigenvalue weighted by Crippen LogP contribution is -2.26. The fourth-order valence-corrected chi connectivity index (χ4v) is 3.92. The molecule has 0 aliphatic rings. The summed E-state index contributed by atoms with van der Waals surface area (Å²) in [7, 11) is -3.66. The quantitative estimate of drug-likeness (QED) is 0.520. The van der Waals surface area contributed by atoms with E-state index >= 15 is 0 Å². The average molecular weight is 400 g/mol. The molecule has 5 nitrogen and oxygen atoms in total. The molecule has 0 amide bonds. The van der Waals surface area contributed by atoms with Gasteiger partial charge in [-0.05, 0) is 40.4 Å². The lowest BCUT2D eigenvalue weighted by atomic mass is 10.2. The average Bonchev–Trinajstić information content (AvgIpc) is 2.37. The van der Waals surface area contributed by atoms with E-state index < -0.39 is 10.0 Å². The van der Waals surface area contributed by atoms with Crippen molar-refractivity contribution in [3.05, 3.63) is 21.6 Å². The lowest BCUT2D eigenvalue weighted by molar-refractivity contribution is 0.108. The van der Waals surface area contributed by atoms with E-state index in [9.17, 15) is 8.42 Å². The lowest BCUT2D eigenvalue weighted by Gasteiger charge is -2.11. The van der Waals surface area contributed by atoms with Crippen LogP contribution in [0.2, 0.25) is 5.02 Å². The van der Waals surface area contributed by atoms with Crippen molar-refractivity contribution < 1.29 is 13.2 Å². The fraction of sp³-hybridized carbons (Fsp3) is 0.538. The van der Waals surface area contributed by atoms with Gasteiger partial charge in [0.15, 0.2) is 0 Å². The first kappa shape index (κ1) is 18.7. The van der Waals surface area contributed by atoms with Crippen molar-refractivity contribution >= 4 is 43.2 Å². The predicted octanol–water partition coefficient (Wildman–Crippen LogP) is 3.03. The van der Waals surface area contributed by atoms with Crippen molar-refractivity contribution in [3.8, 4) is 0 Å². The number of nitrogens with two attached hydrogens (primary N) is 1. The first-order valence-electron chi connectivity index (χ1n) is 6.56. The number of anilines is 1. The van der Waals surface area contributed by atoms with Gasteiger partial charge in [-0.25, -0.2) is 13.1 Å². The molecule has 0 radical (unpaired) electrons. The Balaban J connectivity index is 2.59. The number of sulfonamides is 1. The molecule has 21 heavy (non-hydrogen) atoms. The van der Waals surface area contributed by atoms with E-state index in [-0.39, 0.29) is 15.6 Å². The topological polar surface area (TPSA) is 81.4 Å². The molecule has 3 N–H and O–H groups in total. The Morgan fingerprint density at radius 3 is 2.71 bits per heavy atom. The normalized spacial score (nSPS) is 12.0. The van der Waals surface area contributed by atoms with Crippen LogP contribution in [0.4, 0.5) is 5.69 Å². The molecule has 1 aromatic carbocycles. The van der Waals surface area contributed by atoms with E-state index in [1.165, 1.54) is 12.1 Å². The molecule has 120 valence electrons. The number of hydrogen-bond donors (Lipinski definition) is 2. The second-order valence-corrected chi connectivity index (χ2v) is 7.99. The standard InChI is InChI=1S/C13H20BrClN2O3S/c1-9(2)8-20-5-3-4-17-21(18,19)12-7-10(15)6-11(16)13(12)14/h6-7,9,17H,3-5,8,16H2,1-2H3. The van der Waals surface area contributed by atoms with Crippen molar-refractivity contribution in [2.75, 3.05) is 25.5 Å². The minimum absolute atomic E-state index is 0.0376. The van der Waals surface area contributed by atoms with Gasteiger partial charge in [0.2, 0.25) is 10.0 Å². The molecular formula is C13H20BrClN2O3S. The van der Waals surface area contributed by atoms with Crippen LogP contribution in [-0.2, 0) is 14.8 Å². The largest absolute Gasteiger partial charge is 0.398 e. The van der Waals surface area contributed by atoms with Crippen LogP contribution in [0.1, 0.15) is 20.3 Å². The zero-order valence-corrected chi connectivity index (χ0v) is 15.2. The smallest absolute Gasteiger partial charge is 0.241 e. The number of rotatable bonds is 8. The number of ether oxygens (including phenoxy) is 1. The molecule has 0 heterocycles. The van der Waals surface area contributed by atoms with E-state index in [2.05, 4.69) is 34.5 Å². The molecule has 0 aromatic heterocycles. The zero-order chi connectivity index (χ0) is 16.0. The number of halogens is 2. The Morgan fingerprint density at radius 1 is 1.43 bits per heavy atom. The van der Waals surface area contributed by atoms with Gasteiger partial charge in [-0.3, -0.25) is 0 Å². The molecule has 0 aliphatic heterocycles. The fourth-order valence-electron chi connectivity index (χ4n) is 1.56. The van der Waals surface area contributed by atoms with E-state index in [4.69, 9.17) is 22.1 Å². The molecule has 1 aromatic rings. The summed E-state index contributed by atoms with van der Waals surface area (Å²) in [5.74, 6) is 0.465. The summed E-state index contributed by atoms with van der Waals surface area (Å²) in [4.78, 5) is 0.0376. The Kier molecular flexibility index (Phi) is 7.42. The minimum atomic E-state index is -3.66. The van der Waals surface area contributed by atoms with Crippen LogP contribution in [0, 0.1) is 5.92 Å². The number of nitrogen functional groups attached to an aromatic ring is 1. The summed E-state index contributed by atoms with van der Waals surface area (Å²) in [6, 6.07) is 2.85. The summed E-state index contributed by atoms with van der Waals surface area (Å²) < 4.78 is 32.6. The minimum Gasteiger partial charge on any atom is -0.398 e. The van der Waals surface area contributed by atoms with Crippen LogP contribution >= 0.6 is 27.5 Å². The van der Waals surface area contributed by atoms with Crippen LogP contribution < -0.4 is 10.5 Å². The Morgan fingerprint density at radius 2 is 2.10 bits per heavy atom. The highest BCUT2D eigenvalue weighted by atomic mass is 79.9. The third-order valence-electron chi connectivity index (χ3n) is 2.53. The van der Waals surface area contributed by atoms with Gasteiger partial charge in [0.05, 0.1) is 9.37 Å². The Hall–Kier alpha value is -0.340. The summed E-state index contributed by atoms with van der Waals surface area (Å²) in [5, 5.41) is 0.274. The maximum Gasteiger partial charge on any atom is 0.241 e. The van der Waals surface area contributed by atoms with Gasteiger partial charge >= 0.3 is 0 Å². The summed E-state index contributed by atoms with van der Waals surface area (Å²) >= 11 is 9.02. The van der Waals surface area contributed by atoms with Gasteiger partial charge in [-0.1, -0.05) is 25.4 Å². The molecule has 0 unspecified atom stereocenters. The Labute approximate surface area is 139 Å². The van der Waals surface area contributed by atoms with Gasteiger partial charge in [0.25, 0.3) is 0 Å². The van der Waals surface area contributed by atoms with Crippen LogP contribution in [0.25, 0.3) is 0 Å². The molecule has 0 atom stereocenters. The maximum absolute atomic E-state index is 12.2. The van der Waals surface area contributed by atoms with Crippen molar-refractivity contribution in [2.45, 2.75) is 25.2 Å². The van der Waals surface area contributed by atoms with Gasteiger partial charge in [-0.2, -0.15) is 0 Å². The highest BCUT2D eigenvalue weighted by Crippen LogP contribution is 2.31. The maximum atomic E-state index is 12.2. The third kappa shape index (κ3) is 6.12. The number of benzene rings is 1. The molecule has 8 heteroatoms. The van der Waals surface area contributed by atoms with Crippen molar-refractivity contribution in [1.29, 1.82) is 0 Å². The van der Waals surface area contributed by atoms with E-state index in [0.29, 0.717) is 36.6 Å². The van der Waals surface area contributed by atoms with E-state index in [1.807, 2.05) is 0 Å². The first-order valence-corrected chi connectivity index (χ1v) is 9.21. The van der Waals surface area contributed by atoms with Crippen LogP contribution in [0.3, 0.4) is 0 Å². The molecule has 0 spiro atoms. The first-order chi connectivity index (χ1) is 9.74. The molecule has 0 aliphatic carbocycles. The molecule has 0 fully saturated rings. The van der Waals surface area contributed by atoms with Crippen LogP contribution in [-0.4, -0.2) is 28.2 Å². The molecule has 0 saturated heterocycles. The van der Waals surface area contributed by atoms with Gasteiger partial charge in [0.1, 0.15) is 0 Å². The van der Waals surface area contributed by atoms with Gasteiger partial charge in [0, 0.05) is 30.5 Å². The van der Waals surface area contributed by atoms with E-state index in [1.54, 1.807) is 0 Å². The summed E-state index contributed by atoms with van der Waals surface area (Å²) in [6.07, 6.45) is 0.597. The van der Waals surface area contributed by atoms with Gasteiger partial charge < -0.3 is 10.5 Å². The van der Waals surface area contributed by atoms with Crippen molar-refractivity contribution in [2.24, 2.45) is 5.92 Å². The zero-order valence-electron chi connectivity index (χ0n) is 12.0. The Bertz CT molecular complexity index is 579. The predicted molar refractivity (Wildman–Crippen MR) is 89.0 cm³/mol. The molecule has 0 bridgehead atoms. The SMILES string of the molecule is CC(C)COCCCNS(=O)(=O)c1cc(Cl)cc(N)c1Br. The second-order valence-electron chi connectivity index (χ2n) is 5.03. The summed E-state index contributed by atoms with van der Waals surface area (Å²) in [6.45, 7) is 5.59. The van der Waals surface area contributed by atoms with E-state index in [0.717, 1.165) is 0 Å². The summed E-state index contributed by atoms with van der Waals surface area (Å²) in [5.41, 5.74) is 5.98. The third-order valence-corrected chi connectivity index (χ3v) is 5.38. The van der Waals surface area contributed by atoms with Crippen LogP contribution in [0.15, 0.2) is 21.5 Å².